The monoisotopic (exact) mass is 422 g/mol. The van der Waals surface area contributed by atoms with Crippen molar-refractivity contribution >= 4 is 23.4 Å². The van der Waals surface area contributed by atoms with Gasteiger partial charge in [0, 0.05) is 10.6 Å². The highest BCUT2D eigenvalue weighted by Crippen LogP contribution is 2.24. The first-order chi connectivity index (χ1) is 14.3. The van der Waals surface area contributed by atoms with Crippen LogP contribution in [0.15, 0.2) is 85.5 Å². The number of hydrogen-bond donors (Lipinski definition) is 2. The number of halogens is 1. The van der Waals surface area contributed by atoms with Crippen LogP contribution in [0.2, 0.25) is 5.02 Å². The quantitative estimate of drug-likeness (QED) is 0.535. The average molecular weight is 423 g/mol. The molecule has 2 aromatic carbocycles. The molecular weight excluding hydrogens is 396 g/mol. The van der Waals surface area contributed by atoms with Gasteiger partial charge in [0.15, 0.2) is 0 Å². The highest BCUT2D eigenvalue weighted by molar-refractivity contribution is 6.30. The fraction of sp³-hybridized carbons (Fsp3) is 0.200. The largest absolute Gasteiger partial charge is 0.344 e. The maximum absolute atomic E-state index is 12.6. The van der Waals surface area contributed by atoms with Crippen molar-refractivity contribution in [3.63, 3.8) is 0 Å². The lowest BCUT2D eigenvalue weighted by atomic mass is 9.98. The SMILES string of the molecule is C=C/C=C(\C=C)C(NC(=O)CNC(=O)c1ccc(C(C)C)cc1)c1ccc(Cl)cc1. The van der Waals surface area contributed by atoms with E-state index in [1.165, 1.54) is 0 Å². The van der Waals surface area contributed by atoms with E-state index in [2.05, 4.69) is 37.6 Å². The Labute approximate surface area is 183 Å². The number of carbonyl (C=O) groups is 2. The van der Waals surface area contributed by atoms with E-state index in [4.69, 9.17) is 11.6 Å². The average Bonchev–Trinajstić information content (AvgIpc) is 2.75. The van der Waals surface area contributed by atoms with Gasteiger partial charge >= 0.3 is 0 Å². The van der Waals surface area contributed by atoms with Crippen molar-refractivity contribution in [2.75, 3.05) is 6.54 Å². The zero-order valence-corrected chi connectivity index (χ0v) is 18.1. The van der Waals surface area contributed by atoms with Gasteiger partial charge in [0.05, 0.1) is 12.6 Å². The van der Waals surface area contributed by atoms with Crippen LogP contribution < -0.4 is 10.6 Å². The molecule has 0 aliphatic rings. The Hall–Kier alpha value is -3.11. The number of allylic oxidation sites excluding steroid dienone is 2. The van der Waals surface area contributed by atoms with Crippen molar-refractivity contribution in [3.05, 3.63) is 107 Å². The summed E-state index contributed by atoms with van der Waals surface area (Å²) < 4.78 is 0. The molecule has 0 aromatic heterocycles. The lowest BCUT2D eigenvalue weighted by Crippen LogP contribution is -2.39. The molecular formula is C25H27ClN2O2. The number of hydrogen-bond acceptors (Lipinski definition) is 2. The molecule has 4 nitrogen and oxygen atoms in total. The summed E-state index contributed by atoms with van der Waals surface area (Å²) in [7, 11) is 0. The minimum absolute atomic E-state index is 0.145. The molecule has 30 heavy (non-hydrogen) atoms. The van der Waals surface area contributed by atoms with Gasteiger partial charge in [-0.05, 0) is 46.9 Å². The first-order valence-electron chi connectivity index (χ1n) is 9.73. The maximum Gasteiger partial charge on any atom is 0.251 e. The van der Waals surface area contributed by atoms with E-state index in [0.29, 0.717) is 16.5 Å². The molecule has 156 valence electrons. The molecule has 0 radical (unpaired) electrons. The molecule has 0 bridgehead atoms. The van der Waals surface area contributed by atoms with Crippen molar-refractivity contribution in [1.29, 1.82) is 0 Å². The molecule has 2 aromatic rings. The molecule has 0 aliphatic carbocycles. The van der Waals surface area contributed by atoms with Gasteiger partial charge in [-0.15, -0.1) is 0 Å². The van der Waals surface area contributed by atoms with Gasteiger partial charge in [0.1, 0.15) is 0 Å². The summed E-state index contributed by atoms with van der Waals surface area (Å²) >= 11 is 5.98. The van der Waals surface area contributed by atoms with E-state index in [9.17, 15) is 9.59 Å². The third-order valence-electron chi connectivity index (χ3n) is 4.64. The highest BCUT2D eigenvalue weighted by Gasteiger charge is 2.18. The van der Waals surface area contributed by atoms with E-state index in [1.54, 1.807) is 42.5 Å². The van der Waals surface area contributed by atoms with Gasteiger partial charge in [-0.25, -0.2) is 0 Å². The molecule has 0 saturated heterocycles. The van der Waals surface area contributed by atoms with Crippen molar-refractivity contribution in [3.8, 4) is 0 Å². The molecule has 0 fully saturated rings. The normalized spacial score (nSPS) is 12.2. The summed E-state index contributed by atoms with van der Waals surface area (Å²) in [6.45, 7) is 11.6. The number of nitrogens with one attached hydrogen (secondary N) is 2. The summed E-state index contributed by atoms with van der Waals surface area (Å²) in [6.07, 6.45) is 5.08. The molecule has 2 N–H and O–H groups in total. The highest BCUT2D eigenvalue weighted by atomic mass is 35.5. The molecule has 1 atom stereocenters. The Morgan fingerprint density at radius 1 is 1.00 bits per heavy atom. The second kappa shape index (κ2) is 11.2. The van der Waals surface area contributed by atoms with Crippen LogP contribution in [0, 0.1) is 0 Å². The lowest BCUT2D eigenvalue weighted by molar-refractivity contribution is -0.120. The van der Waals surface area contributed by atoms with E-state index in [0.717, 1.165) is 16.7 Å². The molecule has 2 rings (SSSR count). The van der Waals surface area contributed by atoms with Crippen molar-refractivity contribution in [2.45, 2.75) is 25.8 Å². The molecule has 0 aliphatic heterocycles. The van der Waals surface area contributed by atoms with Crippen LogP contribution in [-0.4, -0.2) is 18.4 Å². The van der Waals surface area contributed by atoms with Crippen LogP contribution in [0.5, 0.6) is 0 Å². The zero-order chi connectivity index (χ0) is 22.1. The minimum Gasteiger partial charge on any atom is -0.344 e. The van der Waals surface area contributed by atoms with Crippen LogP contribution >= 0.6 is 11.6 Å². The number of benzene rings is 2. The van der Waals surface area contributed by atoms with Gasteiger partial charge in [0.25, 0.3) is 5.91 Å². The molecule has 0 saturated carbocycles. The lowest BCUT2D eigenvalue weighted by Gasteiger charge is -2.21. The molecule has 0 heterocycles. The molecule has 5 heteroatoms. The summed E-state index contributed by atoms with van der Waals surface area (Å²) in [5, 5.41) is 6.20. The number of carbonyl (C=O) groups excluding carboxylic acids is 2. The van der Waals surface area contributed by atoms with E-state index < -0.39 is 6.04 Å². The van der Waals surface area contributed by atoms with E-state index in [-0.39, 0.29) is 18.4 Å². The van der Waals surface area contributed by atoms with Crippen LogP contribution in [0.25, 0.3) is 0 Å². The van der Waals surface area contributed by atoms with Crippen LogP contribution in [0.4, 0.5) is 0 Å². The Morgan fingerprint density at radius 3 is 2.13 bits per heavy atom. The van der Waals surface area contributed by atoms with Crippen molar-refractivity contribution in [1.82, 2.24) is 10.6 Å². The third kappa shape index (κ3) is 6.46. The third-order valence-corrected chi connectivity index (χ3v) is 4.89. The van der Waals surface area contributed by atoms with E-state index >= 15 is 0 Å². The summed E-state index contributed by atoms with van der Waals surface area (Å²) in [5.74, 6) is -0.228. The summed E-state index contributed by atoms with van der Waals surface area (Å²) in [4.78, 5) is 24.9. The predicted octanol–water partition coefficient (Wildman–Crippen LogP) is 5.35. The Balaban J connectivity index is 2.07. The molecule has 0 spiro atoms. The Bertz CT molecular complexity index is 929. The second-order valence-corrected chi connectivity index (χ2v) is 7.55. The maximum atomic E-state index is 12.6. The first-order valence-corrected chi connectivity index (χ1v) is 10.1. The topological polar surface area (TPSA) is 58.2 Å². The Kier molecular flexibility index (Phi) is 8.63. The fourth-order valence-electron chi connectivity index (χ4n) is 2.93. The Morgan fingerprint density at radius 2 is 1.60 bits per heavy atom. The summed E-state index contributed by atoms with van der Waals surface area (Å²) in [6, 6.07) is 14.1. The van der Waals surface area contributed by atoms with Gasteiger partial charge < -0.3 is 10.6 Å². The standard InChI is InChI=1S/C25H27ClN2O2/c1-5-7-18(6-2)24(20-12-14-22(26)15-13-20)28-23(29)16-27-25(30)21-10-8-19(9-11-21)17(3)4/h5-15,17,24H,1-2,16H2,3-4H3,(H,27,30)(H,28,29)/b18-7+. The number of rotatable bonds is 9. The van der Waals surface area contributed by atoms with Gasteiger partial charge in [-0.1, -0.05) is 81.1 Å². The van der Waals surface area contributed by atoms with Gasteiger partial charge in [-0.2, -0.15) is 0 Å². The zero-order valence-electron chi connectivity index (χ0n) is 17.3. The van der Waals surface area contributed by atoms with Gasteiger partial charge in [0.2, 0.25) is 5.91 Å². The van der Waals surface area contributed by atoms with Crippen LogP contribution in [0.3, 0.4) is 0 Å². The first kappa shape index (κ1) is 23.2. The van der Waals surface area contributed by atoms with Crippen molar-refractivity contribution in [2.24, 2.45) is 0 Å². The molecule has 2 amide bonds. The van der Waals surface area contributed by atoms with Crippen LogP contribution in [-0.2, 0) is 4.79 Å². The van der Waals surface area contributed by atoms with Gasteiger partial charge in [-0.3, -0.25) is 9.59 Å². The summed E-state index contributed by atoms with van der Waals surface area (Å²) in [5.41, 5.74) is 3.29. The second-order valence-electron chi connectivity index (χ2n) is 7.12. The molecule has 1 unspecified atom stereocenters. The van der Waals surface area contributed by atoms with E-state index in [1.807, 2.05) is 24.3 Å². The smallest absolute Gasteiger partial charge is 0.251 e. The predicted molar refractivity (Wildman–Crippen MR) is 124 cm³/mol. The minimum atomic E-state index is -0.438. The number of amides is 2. The van der Waals surface area contributed by atoms with Crippen LogP contribution in [0.1, 0.15) is 47.3 Å². The van der Waals surface area contributed by atoms with Crippen molar-refractivity contribution < 1.29 is 9.59 Å². The fourth-order valence-corrected chi connectivity index (χ4v) is 3.05.